The van der Waals surface area contributed by atoms with E-state index < -0.39 is 0 Å². The van der Waals surface area contributed by atoms with Crippen LogP contribution in [0.4, 0.5) is 5.69 Å². The van der Waals surface area contributed by atoms with Gasteiger partial charge in [0, 0.05) is 18.3 Å². The number of likely N-dealkylation sites (tertiary alicyclic amines) is 1. The first-order valence-corrected chi connectivity index (χ1v) is 7.75. The molecule has 0 radical (unpaired) electrons. The Balaban J connectivity index is 2.04. The number of carbonyl (C=O) groups excluding carboxylic acids is 1. The average Bonchev–Trinajstić information content (AvgIpc) is 2.82. The number of anilines is 1. The van der Waals surface area contributed by atoms with Crippen molar-refractivity contribution in [1.29, 1.82) is 0 Å². The van der Waals surface area contributed by atoms with Gasteiger partial charge < -0.3 is 10.6 Å². The average molecular weight is 289 g/mol. The van der Waals surface area contributed by atoms with E-state index in [4.69, 9.17) is 5.73 Å². The first kappa shape index (κ1) is 16.0. The molecule has 1 aliphatic rings. The second-order valence-corrected chi connectivity index (χ2v) is 6.67. The van der Waals surface area contributed by atoms with Crippen LogP contribution in [0, 0.1) is 5.41 Å². The van der Waals surface area contributed by atoms with E-state index in [-0.39, 0.29) is 17.4 Å². The minimum Gasteiger partial charge on any atom is -0.330 e. The third kappa shape index (κ3) is 3.83. The lowest BCUT2D eigenvalue weighted by atomic mass is 9.90. The summed E-state index contributed by atoms with van der Waals surface area (Å²) in [4.78, 5) is 16.8. The largest absolute Gasteiger partial charge is 0.330 e. The Morgan fingerprint density at radius 2 is 2.05 bits per heavy atom. The van der Waals surface area contributed by atoms with E-state index in [1.807, 2.05) is 35.2 Å². The molecular weight excluding hydrogens is 262 g/mol. The third-order valence-corrected chi connectivity index (χ3v) is 4.31. The van der Waals surface area contributed by atoms with Crippen LogP contribution in [-0.2, 0) is 4.79 Å². The smallest absolute Gasteiger partial charge is 0.241 e. The van der Waals surface area contributed by atoms with E-state index in [0.29, 0.717) is 13.1 Å². The molecular formula is C17H27N3O. The number of benzene rings is 1. The Bertz CT molecular complexity index is 474. The third-order valence-electron chi connectivity index (χ3n) is 4.31. The van der Waals surface area contributed by atoms with Crippen molar-refractivity contribution in [2.24, 2.45) is 11.1 Å². The van der Waals surface area contributed by atoms with E-state index in [2.05, 4.69) is 25.7 Å². The molecule has 2 N–H and O–H groups in total. The molecule has 4 nitrogen and oxygen atoms in total. The quantitative estimate of drug-likeness (QED) is 0.903. The molecule has 4 heteroatoms. The monoisotopic (exact) mass is 289 g/mol. The van der Waals surface area contributed by atoms with Crippen LogP contribution in [0.2, 0.25) is 0 Å². The molecule has 1 aromatic rings. The van der Waals surface area contributed by atoms with Crippen molar-refractivity contribution in [1.82, 2.24) is 4.90 Å². The minimum absolute atomic E-state index is 0.156. The van der Waals surface area contributed by atoms with Gasteiger partial charge in [-0.2, -0.15) is 0 Å². The van der Waals surface area contributed by atoms with E-state index in [1.54, 1.807) is 0 Å². The molecule has 0 aliphatic carbocycles. The van der Waals surface area contributed by atoms with Gasteiger partial charge in [0.25, 0.3) is 0 Å². The second-order valence-electron chi connectivity index (χ2n) is 6.67. The van der Waals surface area contributed by atoms with Gasteiger partial charge in [0.2, 0.25) is 5.91 Å². The van der Waals surface area contributed by atoms with Gasteiger partial charge in [0.1, 0.15) is 0 Å². The van der Waals surface area contributed by atoms with Gasteiger partial charge in [-0.15, -0.1) is 0 Å². The molecule has 0 bridgehead atoms. The summed E-state index contributed by atoms with van der Waals surface area (Å²) in [5, 5.41) is 0. The van der Waals surface area contributed by atoms with E-state index >= 15 is 0 Å². The Morgan fingerprint density at radius 3 is 2.57 bits per heavy atom. The van der Waals surface area contributed by atoms with E-state index in [1.165, 1.54) is 0 Å². The molecule has 0 saturated carbocycles. The zero-order chi connectivity index (χ0) is 15.5. The highest BCUT2D eigenvalue weighted by atomic mass is 16.2. The summed E-state index contributed by atoms with van der Waals surface area (Å²) in [5.41, 5.74) is 6.97. The van der Waals surface area contributed by atoms with Crippen molar-refractivity contribution in [3.63, 3.8) is 0 Å². The van der Waals surface area contributed by atoms with Crippen LogP contribution in [0.25, 0.3) is 0 Å². The van der Waals surface area contributed by atoms with Gasteiger partial charge in [-0.05, 0) is 50.9 Å². The van der Waals surface area contributed by atoms with Crippen LogP contribution in [0.3, 0.4) is 0 Å². The Morgan fingerprint density at radius 1 is 1.38 bits per heavy atom. The summed E-state index contributed by atoms with van der Waals surface area (Å²) in [6, 6.07) is 10.1. The maximum absolute atomic E-state index is 12.7. The minimum atomic E-state index is 0.156. The number of hydrogen-bond acceptors (Lipinski definition) is 3. The lowest BCUT2D eigenvalue weighted by Crippen LogP contribution is -2.44. The lowest BCUT2D eigenvalue weighted by molar-refractivity contribution is -0.119. The van der Waals surface area contributed by atoms with Crippen molar-refractivity contribution >= 4 is 11.6 Å². The molecule has 116 valence electrons. The van der Waals surface area contributed by atoms with Crippen molar-refractivity contribution in [2.75, 3.05) is 31.1 Å². The van der Waals surface area contributed by atoms with Gasteiger partial charge in [-0.3, -0.25) is 9.69 Å². The Labute approximate surface area is 127 Å². The van der Waals surface area contributed by atoms with Gasteiger partial charge >= 0.3 is 0 Å². The highest BCUT2D eigenvalue weighted by Gasteiger charge is 2.34. The molecule has 1 heterocycles. The number of rotatable bonds is 5. The van der Waals surface area contributed by atoms with Crippen LogP contribution in [0.5, 0.6) is 0 Å². The molecule has 1 unspecified atom stereocenters. The molecule has 0 spiro atoms. The van der Waals surface area contributed by atoms with Gasteiger partial charge in [-0.1, -0.05) is 25.1 Å². The van der Waals surface area contributed by atoms with Crippen molar-refractivity contribution < 1.29 is 4.79 Å². The van der Waals surface area contributed by atoms with Gasteiger partial charge in [0.05, 0.1) is 6.54 Å². The zero-order valence-electron chi connectivity index (χ0n) is 13.4. The SMILES string of the molecule is CC(C)N(C(=O)CN1CCC(C)(CN)C1)c1ccccc1. The highest BCUT2D eigenvalue weighted by Crippen LogP contribution is 2.28. The maximum atomic E-state index is 12.7. The van der Waals surface area contributed by atoms with Crippen molar-refractivity contribution in [3.05, 3.63) is 30.3 Å². The zero-order valence-corrected chi connectivity index (χ0v) is 13.4. The first-order chi connectivity index (χ1) is 9.95. The molecule has 1 fully saturated rings. The molecule has 2 rings (SSSR count). The number of hydrogen-bond donors (Lipinski definition) is 1. The summed E-state index contributed by atoms with van der Waals surface area (Å²) in [7, 11) is 0. The fraction of sp³-hybridized carbons (Fsp3) is 0.588. The number of nitrogens with two attached hydrogens (primary N) is 1. The summed E-state index contributed by atoms with van der Waals surface area (Å²) in [6.45, 7) is 9.34. The predicted molar refractivity (Wildman–Crippen MR) is 87.3 cm³/mol. The summed E-state index contributed by atoms with van der Waals surface area (Å²) >= 11 is 0. The molecule has 1 saturated heterocycles. The van der Waals surface area contributed by atoms with E-state index in [9.17, 15) is 4.79 Å². The maximum Gasteiger partial charge on any atom is 0.241 e. The van der Waals surface area contributed by atoms with Crippen LogP contribution in [0.15, 0.2) is 30.3 Å². The fourth-order valence-corrected chi connectivity index (χ4v) is 3.01. The summed E-state index contributed by atoms with van der Waals surface area (Å²) < 4.78 is 0. The first-order valence-electron chi connectivity index (χ1n) is 7.75. The molecule has 1 aromatic carbocycles. The van der Waals surface area contributed by atoms with Crippen molar-refractivity contribution in [2.45, 2.75) is 33.2 Å². The van der Waals surface area contributed by atoms with Crippen LogP contribution in [-0.4, -0.2) is 43.0 Å². The summed E-state index contributed by atoms with van der Waals surface area (Å²) in [6.07, 6.45) is 1.07. The van der Waals surface area contributed by atoms with Gasteiger partial charge in [-0.25, -0.2) is 0 Å². The molecule has 21 heavy (non-hydrogen) atoms. The standard InChI is InChI=1S/C17H27N3O/c1-14(2)20(15-7-5-4-6-8-15)16(21)11-19-10-9-17(3,12-18)13-19/h4-8,14H,9-13,18H2,1-3H3. The lowest BCUT2D eigenvalue weighted by Gasteiger charge is -2.29. The number of amides is 1. The Kier molecular flexibility index (Phi) is 5.01. The van der Waals surface area contributed by atoms with Crippen LogP contribution >= 0.6 is 0 Å². The van der Waals surface area contributed by atoms with Crippen LogP contribution in [0.1, 0.15) is 27.2 Å². The predicted octanol–water partition coefficient (Wildman–Crippen LogP) is 2.10. The van der Waals surface area contributed by atoms with E-state index in [0.717, 1.165) is 25.2 Å². The molecule has 0 aromatic heterocycles. The Hall–Kier alpha value is -1.39. The topological polar surface area (TPSA) is 49.6 Å². The number of carbonyl (C=O) groups is 1. The van der Waals surface area contributed by atoms with Gasteiger partial charge in [0.15, 0.2) is 0 Å². The highest BCUT2D eigenvalue weighted by molar-refractivity contribution is 5.95. The molecule has 1 aliphatic heterocycles. The summed E-state index contributed by atoms with van der Waals surface area (Å²) in [5.74, 6) is 0.164. The molecule has 1 atom stereocenters. The van der Waals surface area contributed by atoms with Crippen molar-refractivity contribution in [3.8, 4) is 0 Å². The fourth-order valence-electron chi connectivity index (χ4n) is 3.01. The second kappa shape index (κ2) is 6.58. The van der Waals surface area contributed by atoms with Crippen LogP contribution < -0.4 is 10.6 Å². The molecule has 1 amide bonds. The number of para-hydroxylation sites is 1. The normalized spacial score (nSPS) is 22.7. The number of nitrogens with zero attached hydrogens (tertiary/aromatic N) is 2.